The van der Waals surface area contributed by atoms with Crippen LogP contribution in [0.1, 0.15) is 11.1 Å². The first-order chi connectivity index (χ1) is 10.8. The lowest BCUT2D eigenvalue weighted by Gasteiger charge is -2.10. The van der Waals surface area contributed by atoms with Crippen molar-refractivity contribution in [3.8, 4) is 0 Å². The number of benzene rings is 1. The molecule has 2 aromatic rings. The average Bonchev–Trinajstić information content (AvgIpc) is 2.46. The molecule has 23 heavy (non-hydrogen) atoms. The number of carbonyl (C=O) groups excluding carboxylic acids is 1. The third kappa shape index (κ3) is 5.14. The first-order valence-corrected chi connectivity index (χ1v) is 7.84. The number of aromatic nitrogens is 1. The lowest BCUT2D eigenvalue weighted by atomic mass is 10.2. The van der Waals surface area contributed by atoms with Crippen LogP contribution >= 0.6 is 23.4 Å². The van der Waals surface area contributed by atoms with E-state index in [1.807, 2.05) is 31.2 Å². The molecule has 3 nitrogen and oxygen atoms in total. The number of nitrogens with one attached hydrogen (secondary N) is 1. The molecular weight excluding hydrogens is 349 g/mol. The second-order valence-corrected chi connectivity index (χ2v) is 6.16. The van der Waals surface area contributed by atoms with Crippen molar-refractivity contribution in [1.82, 2.24) is 4.98 Å². The maximum Gasteiger partial charge on any atom is 0.417 e. The number of hydrogen-bond donors (Lipinski definition) is 1. The van der Waals surface area contributed by atoms with E-state index in [0.29, 0.717) is 6.20 Å². The van der Waals surface area contributed by atoms with E-state index < -0.39 is 17.6 Å². The Morgan fingerprint density at radius 3 is 2.70 bits per heavy atom. The molecule has 0 spiro atoms. The van der Waals surface area contributed by atoms with Crippen LogP contribution in [0.5, 0.6) is 0 Å². The van der Waals surface area contributed by atoms with Gasteiger partial charge >= 0.3 is 6.18 Å². The van der Waals surface area contributed by atoms with Crippen LogP contribution in [0.2, 0.25) is 5.02 Å². The van der Waals surface area contributed by atoms with Crippen LogP contribution in [0.3, 0.4) is 0 Å². The SMILES string of the molecule is Cc1cccc(SCC(=O)Nc2ncc(C(F)(F)F)cc2Cl)c1. The van der Waals surface area contributed by atoms with Gasteiger partial charge in [0.2, 0.25) is 5.91 Å². The molecule has 0 atom stereocenters. The fraction of sp³-hybridized carbons (Fsp3) is 0.200. The summed E-state index contributed by atoms with van der Waals surface area (Å²) in [5, 5.41) is 2.15. The van der Waals surface area contributed by atoms with Gasteiger partial charge in [0, 0.05) is 11.1 Å². The number of hydrogen-bond acceptors (Lipinski definition) is 3. The molecule has 0 fully saturated rings. The van der Waals surface area contributed by atoms with Gasteiger partial charge in [-0.1, -0.05) is 29.3 Å². The molecule has 0 bridgehead atoms. The highest BCUT2D eigenvalue weighted by molar-refractivity contribution is 8.00. The van der Waals surface area contributed by atoms with Gasteiger partial charge in [0.1, 0.15) is 0 Å². The van der Waals surface area contributed by atoms with E-state index >= 15 is 0 Å². The summed E-state index contributed by atoms with van der Waals surface area (Å²) in [6, 6.07) is 8.35. The monoisotopic (exact) mass is 360 g/mol. The fourth-order valence-corrected chi connectivity index (χ4v) is 2.73. The van der Waals surface area contributed by atoms with E-state index in [2.05, 4.69) is 10.3 Å². The fourth-order valence-electron chi connectivity index (χ4n) is 1.71. The van der Waals surface area contributed by atoms with Crippen molar-refractivity contribution >= 4 is 35.1 Å². The highest BCUT2D eigenvalue weighted by Gasteiger charge is 2.31. The number of anilines is 1. The summed E-state index contributed by atoms with van der Waals surface area (Å²) >= 11 is 7.05. The third-order valence-corrected chi connectivity index (χ3v) is 4.07. The van der Waals surface area contributed by atoms with Crippen molar-refractivity contribution in [2.45, 2.75) is 18.0 Å². The Morgan fingerprint density at radius 2 is 2.09 bits per heavy atom. The smallest absolute Gasteiger partial charge is 0.309 e. The van der Waals surface area contributed by atoms with E-state index in [0.717, 1.165) is 16.5 Å². The van der Waals surface area contributed by atoms with Gasteiger partial charge in [-0.3, -0.25) is 4.79 Å². The number of thioether (sulfide) groups is 1. The number of carbonyl (C=O) groups is 1. The van der Waals surface area contributed by atoms with Crippen molar-refractivity contribution in [1.29, 1.82) is 0 Å². The van der Waals surface area contributed by atoms with Crippen molar-refractivity contribution in [2.24, 2.45) is 0 Å². The molecule has 0 aliphatic rings. The molecule has 0 saturated heterocycles. The van der Waals surface area contributed by atoms with Crippen LogP contribution < -0.4 is 5.32 Å². The molecule has 1 amide bonds. The zero-order valence-corrected chi connectivity index (χ0v) is 13.5. The van der Waals surface area contributed by atoms with E-state index in [-0.39, 0.29) is 16.6 Å². The summed E-state index contributed by atoms with van der Waals surface area (Å²) in [7, 11) is 0. The summed E-state index contributed by atoms with van der Waals surface area (Å²) in [5.41, 5.74) is 0.109. The molecule has 1 aromatic carbocycles. The van der Waals surface area contributed by atoms with Gasteiger partial charge in [-0.05, 0) is 25.1 Å². The largest absolute Gasteiger partial charge is 0.417 e. The number of pyridine rings is 1. The Labute approximate surface area is 140 Å². The predicted molar refractivity (Wildman–Crippen MR) is 84.8 cm³/mol. The van der Waals surface area contributed by atoms with E-state index in [1.54, 1.807) is 0 Å². The molecule has 0 aliphatic heterocycles. The molecular formula is C15H12ClF3N2OS. The second kappa shape index (κ2) is 7.23. The standard InChI is InChI=1S/C15H12ClF3N2OS/c1-9-3-2-4-11(5-9)23-8-13(22)21-14-12(16)6-10(7-20-14)15(17,18)19/h2-7H,8H2,1H3,(H,20,21,22). The second-order valence-electron chi connectivity index (χ2n) is 4.71. The maximum absolute atomic E-state index is 12.5. The summed E-state index contributed by atoms with van der Waals surface area (Å²) in [5.74, 6) is -0.386. The Morgan fingerprint density at radius 1 is 1.35 bits per heavy atom. The zero-order chi connectivity index (χ0) is 17.0. The first kappa shape index (κ1) is 17.6. The van der Waals surface area contributed by atoms with Crippen molar-refractivity contribution in [2.75, 3.05) is 11.1 Å². The highest BCUT2D eigenvalue weighted by Crippen LogP contribution is 2.32. The Hall–Kier alpha value is -1.73. The van der Waals surface area contributed by atoms with Crippen LogP contribution in [0.4, 0.5) is 19.0 Å². The lowest BCUT2D eigenvalue weighted by molar-refractivity contribution is -0.137. The quantitative estimate of drug-likeness (QED) is 0.797. The topological polar surface area (TPSA) is 42.0 Å². The van der Waals surface area contributed by atoms with Gasteiger partial charge < -0.3 is 5.32 Å². The average molecular weight is 361 g/mol. The number of amides is 1. The molecule has 8 heteroatoms. The van der Waals surface area contributed by atoms with E-state index in [1.165, 1.54) is 11.8 Å². The van der Waals surface area contributed by atoms with Gasteiger partial charge in [0.25, 0.3) is 0 Å². The van der Waals surface area contributed by atoms with Crippen LogP contribution in [-0.4, -0.2) is 16.6 Å². The van der Waals surface area contributed by atoms with Gasteiger partial charge in [-0.15, -0.1) is 11.8 Å². The summed E-state index contributed by atoms with van der Waals surface area (Å²) in [6.45, 7) is 1.94. The number of nitrogens with zero attached hydrogens (tertiary/aromatic N) is 1. The van der Waals surface area contributed by atoms with Crippen molar-refractivity contribution in [3.05, 3.63) is 52.7 Å². The third-order valence-electron chi connectivity index (χ3n) is 2.79. The predicted octanol–water partition coefficient (Wildman–Crippen LogP) is 4.79. The first-order valence-electron chi connectivity index (χ1n) is 6.48. The Balaban J connectivity index is 1.98. The minimum atomic E-state index is -4.53. The minimum Gasteiger partial charge on any atom is -0.309 e. The number of rotatable bonds is 4. The number of halogens is 4. The van der Waals surface area contributed by atoms with Gasteiger partial charge in [-0.2, -0.15) is 13.2 Å². The summed E-state index contributed by atoms with van der Waals surface area (Å²) in [4.78, 5) is 16.3. The summed E-state index contributed by atoms with van der Waals surface area (Å²) < 4.78 is 37.5. The molecule has 1 aromatic heterocycles. The number of aryl methyl sites for hydroxylation is 1. The van der Waals surface area contributed by atoms with Crippen molar-refractivity contribution in [3.63, 3.8) is 0 Å². The van der Waals surface area contributed by atoms with Gasteiger partial charge in [0.15, 0.2) is 5.82 Å². The molecule has 1 N–H and O–H groups in total. The number of alkyl halides is 3. The van der Waals surface area contributed by atoms with Crippen LogP contribution in [0, 0.1) is 6.92 Å². The maximum atomic E-state index is 12.5. The molecule has 0 saturated carbocycles. The van der Waals surface area contributed by atoms with Crippen LogP contribution in [0.15, 0.2) is 41.4 Å². The molecule has 2 rings (SSSR count). The highest BCUT2D eigenvalue weighted by atomic mass is 35.5. The molecule has 0 unspecified atom stereocenters. The summed E-state index contributed by atoms with van der Waals surface area (Å²) in [6.07, 6.45) is -3.89. The van der Waals surface area contributed by atoms with Gasteiger partial charge in [0.05, 0.1) is 16.3 Å². The molecule has 0 radical (unpaired) electrons. The lowest BCUT2D eigenvalue weighted by Crippen LogP contribution is -2.16. The molecule has 122 valence electrons. The molecule has 1 heterocycles. The molecule has 0 aliphatic carbocycles. The normalized spacial score (nSPS) is 11.3. The van der Waals surface area contributed by atoms with Crippen LogP contribution in [0.25, 0.3) is 0 Å². The van der Waals surface area contributed by atoms with Crippen molar-refractivity contribution < 1.29 is 18.0 Å². The zero-order valence-electron chi connectivity index (χ0n) is 11.9. The van der Waals surface area contributed by atoms with Gasteiger partial charge in [-0.25, -0.2) is 4.98 Å². The Bertz CT molecular complexity index is 722. The Kier molecular flexibility index (Phi) is 5.54. The van der Waals surface area contributed by atoms with Crippen LogP contribution in [-0.2, 0) is 11.0 Å². The minimum absolute atomic E-state index is 0.0884. The van der Waals surface area contributed by atoms with E-state index in [9.17, 15) is 18.0 Å². The van der Waals surface area contributed by atoms with E-state index in [4.69, 9.17) is 11.6 Å².